The number of hydrogen-bond acceptors (Lipinski definition) is 2. The van der Waals surface area contributed by atoms with Crippen molar-refractivity contribution in [2.75, 3.05) is 20.2 Å². The van der Waals surface area contributed by atoms with Gasteiger partial charge < -0.3 is 10.1 Å². The molecule has 0 amide bonds. The molecule has 104 valence electrons. The summed E-state index contributed by atoms with van der Waals surface area (Å²) >= 11 is 0. The molecule has 0 radical (unpaired) electrons. The van der Waals surface area contributed by atoms with Gasteiger partial charge in [0.05, 0.1) is 12.7 Å². The van der Waals surface area contributed by atoms with Crippen LogP contribution in [0.4, 0.5) is 0 Å². The molecule has 0 aliphatic carbocycles. The molecule has 0 fully saturated rings. The zero-order chi connectivity index (χ0) is 14.0. The van der Waals surface area contributed by atoms with Crippen LogP contribution in [0.5, 0.6) is 0 Å². The van der Waals surface area contributed by atoms with Crippen LogP contribution in [0.3, 0.4) is 0 Å². The molecule has 1 atom stereocenters. The predicted molar refractivity (Wildman–Crippen MR) is 84.5 cm³/mol. The van der Waals surface area contributed by atoms with Gasteiger partial charge in [-0.05, 0) is 18.2 Å². The van der Waals surface area contributed by atoms with Crippen molar-refractivity contribution in [1.29, 1.82) is 0 Å². The second-order valence-corrected chi connectivity index (χ2v) is 4.60. The summed E-state index contributed by atoms with van der Waals surface area (Å²) in [5, 5.41) is 3.18. The van der Waals surface area contributed by atoms with E-state index in [9.17, 15) is 0 Å². The van der Waals surface area contributed by atoms with E-state index in [1.54, 1.807) is 0 Å². The minimum absolute atomic E-state index is 0.0848. The Morgan fingerprint density at radius 2 is 1.65 bits per heavy atom. The molecule has 2 aromatic rings. The Morgan fingerprint density at radius 1 is 1.00 bits per heavy atom. The second kappa shape index (κ2) is 8.31. The smallest absolute Gasteiger partial charge is 0.0953 e. The van der Waals surface area contributed by atoms with Crippen molar-refractivity contribution in [1.82, 2.24) is 5.32 Å². The lowest BCUT2D eigenvalue weighted by molar-refractivity contribution is 0.0756. The quantitative estimate of drug-likeness (QED) is 0.826. The van der Waals surface area contributed by atoms with E-state index in [1.165, 1.54) is 11.1 Å². The van der Waals surface area contributed by atoms with Gasteiger partial charge in [0, 0.05) is 6.54 Å². The molecule has 0 heterocycles. The van der Waals surface area contributed by atoms with Crippen LogP contribution in [0.25, 0.3) is 6.08 Å². The van der Waals surface area contributed by atoms with E-state index in [2.05, 4.69) is 41.7 Å². The van der Waals surface area contributed by atoms with Crippen LogP contribution in [-0.4, -0.2) is 20.2 Å². The molecule has 2 heteroatoms. The van der Waals surface area contributed by atoms with Gasteiger partial charge in [0.1, 0.15) is 0 Å². The third-order valence-corrected chi connectivity index (χ3v) is 3.06. The van der Waals surface area contributed by atoms with Gasteiger partial charge in [-0.1, -0.05) is 72.8 Å². The maximum absolute atomic E-state index is 5.94. The Labute approximate surface area is 121 Å². The lowest BCUT2D eigenvalue weighted by Crippen LogP contribution is -2.19. The lowest BCUT2D eigenvalue weighted by atomic mass is 10.1. The van der Waals surface area contributed by atoms with E-state index < -0.39 is 0 Å². The van der Waals surface area contributed by atoms with Crippen LogP contribution in [0, 0.1) is 0 Å². The molecule has 0 aliphatic heterocycles. The van der Waals surface area contributed by atoms with Crippen molar-refractivity contribution in [2.24, 2.45) is 0 Å². The molecule has 0 bridgehead atoms. The van der Waals surface area contributed by atoms with Gasteiger partial charge in [-0.2, -0.15) is 0 Å². The zero-order valence-electron chi connectivity index (χ0n) is 11.8. The van der Waals surface area contributed by atoms with Crippen molar-refractivity contribution in [3.63, 3.8) is 0 Å². The fraction of sp³-hybridized carbons (Fsp3) is 0.222. The third kappa shape index (κ3) is 4.65. The Hall–Kier alpha value is -1.90. The SMILES string of the molecule is CNCC(OCC=Cc1ccccc1)c1ccccc1. The van der Waals surface area contributed by atoms with Crippen LogP contribution in [0.2, 0.25) is 0 Å². The Morgan fingerprint density at radius 3 is 2.30 bits per heavy atom. The van der Waals surface area contributed by atoms with E-state index in [0.29, 0.717) is 6.61 Å². The molecule has 1 unspecified atom stereocenters. The summed E-state index contributed by atoms with van der Waals surface area (Å²) in [5.41, 5.74) is 2.40. The average molecular weight is 267 g/mol. The van der Waals surface area contributed by atoms with Crippen LogP contribution in [0.15, 0.2) is 66.7 Å². The molecule has 0 saturated carbocycles. The summed E-state index contributed by atoms with van der Waals surface area (Å²) in [6.45, 7) is 1.42. The van der Waals surface area contributed by atoms with Crippen molar-refractivity contribution in [3.8, 4) is 0 Å². The molecular formula is C18H21NO. The second-order valence-electron chi connectivity index (χ2n) is 4.60. The minimum Gasteiger partial charge on any atom is -0.368 e. The number of nitrogens with one attached hydrogen (secondary N) is 1. The van der Waals surface area contributed by atoms with Gasteiger partial charge >= 0.3 is 0 Å². The lowest BCUT2D eigenvalue weighted by Gasteiger charge is -2.17. The molecule has 20 heavy (non-hydrogen) atoms. The summed E-state index contributed by atoms with van der Waals surface area (Å²) in [6.07, 6.45) is 4.23. The number of rotatable bonds is 7. The molecule has 2 aromatic carbocycles. The predicted octanol–water partition coefficient (Wildman–Crippen LogP) is 3.68. The summed E-state index contributed by atoms with van der Waals surface area (Å²) in [4.78, 5) is 0. The van der Waals surface area contributed by atoms with Crippen LogP contribution in [0.1, 0.15) is 17.2 Å². The fourth-order valence-corrected chi connectivity index (χ4v) is 2.05. The third-order valence-electron chi connectivity index (χ3n) is 3.06. The van der Waals surface area contributed by atoms with Gasteiger partial charge in [-0.15, -0.1) is 0 Å². The topological polar surface area (TPSA) is 21.3 Å². The monoisotopic (exact) mass is 267 g/mol. The van der Waals surface area contributed by atoms with Crippen LogP contribution < -0.4 is 5.32 Å². The van der Waals surface area contributed by atoms with E-state index in [4.69, 9.17) is 4.74 Å². The highest BCUT2D eigenvalue weighted by Gasteiger charge is 2.09. The molecule has 0 aromatic heterocycles. The highest BCUT2D eigenvalue weighted by molar-refractivity contribution is 5.48. The van der Waals surface area contributed by atoms with E-state index in [0.717, 1.165) is 6.54 Å². The normalized spacial score (nSPS) is 12.7. The van der Waals surface area contributed by atoms with Gasteiger partial charge in [0.2, 0.25) is 0 Å². The van der Waals surface area contributed by atoms with Gasteiger partial charge in [-0.25, -0.2) is 0 Å². The van der Waals surface area contributed by atoms with Crippen molar-refractivity contribution >= 4 is 6.08 Å². The van der Waals surface area contributed by atoms with Crippen LogP contribution >= 0.6 is 0 Å². The van der Waals surface area contributed by atoms with Crippen molar-refractivity contribution in [3.05, 3.63) is 77.9 Å². The first-order chi connectivity index (χ1) is 9.90. The van der Waals surface area contributed by atoms with E-state index >= 15 is 0 Å². The van der Waals surface area contributed by atoms with Crippen molar-refractivity contribution in [2.45, 2.75) is 6.10 Å². The molecule has 0 spiro atoms. The molecule has 2 rings (SSSR count). The molecule has 0 saturated heterocycles. The van der Waals surface area contributed by atoms with Gasteiger partial charge in [-0.3, -0.25) is 0 Å². The number of ether oxygens (including phenoxy) is 1. The summed E-state index contributed by atoms with van der Waals surface area (Å²) < 4.78 is 5.94. The molecule has 2 nitrogen and oxygen atoms in total. The largest absolute Gasteiger partial charge is 0.368 e. The molecule has 0 aliphatic rings. The fourth-order valence-electron chi connectivity index (χ4n) is 2.05. The Kier molecular flexibility index (Phi) is 6.03. The first-order valence-corrected chi connectivity index (χ1v) is 6.93. The first kappa shape index (κ1) is 14.5. The minimum atomic E-state index is 0.0848. The molecule has 1 N–H and O–H groups in total. The number of likely N-dealkylation sites (N-methyl/N-ethyl adjacent to an activating group) is 1. The summed E-state index contributed by atoms with van der Waals surface area (Å²) in [7, 11) is 1.94. The standard InChI is InChI=1S/C18H21NO/c1-19-15-18(17-12-6-3-7-13-17)20-14-8-11-16-9-4-2-5-10-16/h2-13,18-19H,14-15H2,1H3. The van der Waals surface area contributed by atoms with Gasteiger partial charge in [0.25, 0.3) is 0 Å². The highest BCUT2D eigenvalue weighted by Crippen LogP contribution is 2.16. The maximum atomic E-state index is 5.94. The van der Waals surface area contributed by atoms with E-state index in [-0.39, 0.29) is 6.10 Å². The summed E-state index contributed by atoms with van der Waals surface area (Å²) in [6, 6.07) is 20.6. The maximum Gasteiger partial charge on any atom is 0.0953 e. The first-order valence-electron chi connectivity index (χ1n) is 6.93. The average Bonchev–Trinajstić information content (AvgIpc) is 2.52. The van der Waals surface area contributed by atoms with Crippen molar-refractivity contribution < 1.29 is 4.74 Å². The molecular weight excluding hydrogens is 246 g/mol. The van der Waals surface area contributed by atoms with Gasteiger partial charge in [0.15, 0.2) is 0 Å². The van der Waals surface area contributed by atoms with E-state index in [1.807, 2.05) is 43.4 Å². The number of benzene rings is 2. The number of hydrogen-bond donors (Lipinski definition) is 1. The zero-order valence-corrected chi connectivity index (χ0v) is 11.8. The highest BCUT2D eigenvalue weighted by atomic mass is 16.5. The Balaban J connectivity index is 1.88. The summed E-state index contributed by atoms with van der Waals surface area (Å²) in [5.74, 6) is 0. The Bertz CT molecular complexity index is 507. The van der Waals surface area contributed by atoms with Crippen LogP contribution in [-0.2, 0) is 4.74 Å².